The Hall–Kier alpha value is -2.05. The van der Waals surface area contributed by atoms with Gasteiger partial charge in [-0.25, -0.2) is 4.79 Å². The van der Waals surface area contributed by atoms with E-state index >= 15 is 0 Å². The van der Waals surface area contributed by atoms with Crippen LogP contribution in [0.25, 0.3) is 0 Å². The van der Waals surface area contributed by atoms with Gasteiger partial charge in [-0.3, -0.25) is 9.89 Å². The summed E-state index contributed by atoms with van der Waals surface area (Å²) >= 11 is 0. The maximum Gasteiger partial charge on any atom is 0.312 e. The van der Waals surface area contributed by atoms with Crippen LogP contribution in [0.4, 0.5) is 4.79 Å². The Morgan fingerprint density at radius 1 is 1.69 bits per heavy atom. The number of H-pyrrole nitrogens is 1. The lowest BCUT2D eigenvalue weighted by atomic mass is 10.2. The number of hydrogen-bond acceptors (Lipinski definition) is 3. The number of nitrogens with zero attached hydrogens (tertiary/aromatic N) is 2. The molecule has 1 aromatic heterocycles. The lowest BCUT2D eigenvalue weighted by molar-refractivity contribution is -0.131. The number of aromatic amines is 1. The van der Waals surface area contributed by atoms with Crippen LogP contribution in [0.15, 0.2) is 12.4 Å². The van der Waals surface area contributed by atoms with Gasteiger partial charge in [0.1, 0.15) is 6.04 Å². The Kier molecular flexibility index (Phi) is 3.87. The third kappa shape index (κ3) is 3.26. The average molecular weight is 225 g/mol. The fourth-order valence-corrected chi connectivity index (χ4v) is 1.32. The number of hydrogen-bond donors (Lipinski definition) is 3. The Morgan fingerprint density at radius 2 is 2.38 bits per heavy atom. The third-order valence-corrected chi connectivity index (χ3v) is 2.08. The summed E-state index contributed by atoms with van der Waals surface area (Å²) in [4.78, 5) is 23.8. The molecule has 16 heavy (non-hydrogen) atoms. The van der Waals surface area contributed by atoms with Gasteiger partial charge in [0.05, 0.1) is 6.20 Å². The molecule has 0 bridgehead atoms. The minimum Gasteiger partial charge on any atom is -0.352 e. The van der Waals surface area contributed by atoms with Gasteiger partial charge in [-0.05, 0) is 6.92 Å². The summed E-state index contributed by atoms with van der Waals surface area (Å²) < 4.78 is 0. The van der Waals surface area contributed by atoms with E-state index in [9.17, 15) is 9.59 Å². The second-order valence-electron chi connectivity index (χ2n) is 3.53. The average Bonchev–Trinajstić information content (AvgIpc) is 2.68. The van der Waals surface area contributed by atoms with E-state index in [2.05, 4.69) is 15.5 Å². The van der Waals surface area contributed by atoms with E-state index in [1.165, 1.54) is 4.90 Å². The monoisotopic (exact) mass is 225 g/mol. The fraction of sp³-hybridized carbons (Fsp3) is 0.444. The molecule has 0 aliphatic rings. The fourth-order valence-electron chi connectivity index (χ4n) is 1.32. The van der Waals surface area contributed by atoms with Crippen LogP contribution in [0, 0.1) is 0 Å². The van der Waals surface area contributed by atoms with Crippen LogP contribution in [0.5, 0.6) is 0 Å². The van der Waals surface area contributed by atoms with Crippen LogP contribution < -0.4 is 11.1 Å². The van der Waals surface area contributed by atoms with Gasteiger partial charge in [0, 0.05) is 25.4 Å². The first-order valence-electron chi connectivity index (χ1n) is 4.79. The number of primary amides is 1. The van der Waals surface area contributed by atoms with Crippen molar-refractivity contribution in [3.8, 4) is 0 Å². The zero-order chi connectivity index (χ0) is 12.1. The highest BCUT2D eigenvalue weighted by Crippen LogP contribution is 2.01. The summed E-state index contributed by atoms with van der Waals surface area (Å²) in [6.07, 6.45) is 3.34. The number of nitrogens with one attached hydrogen (secondary N) is 2. The Morgan fingerprint density at radius 3 is 2.88 bits per heavy atom. The van der Waals surface area contributed by atoms with Crippen LogP contribution >= 0.6 is 0 Å². The van der Waals surface area contributed by atoms with Gasteiger partial charge in [0.15, 0.2) is 0 Å². The topological polar surface area (TPSA) is 104 Å². The van der Waals surface area contributed by atoms with Crippen LogP contribution in [0.2, 0.25) is 0 Å². The first-order valence-corrected chi connectivity index (χ1v) is 4.79. The summed E-state index contributed by atoms with van der Waals surface area (Å²) in [7, 11) is 1.65. The summed E-state index contributed by atoms with van der Waals surface area (Å²) in [5.74, 6) is -0.208. The molecule has 0 aliphatic carbocycles. The summed E-state index contributed by atoms with van der Waals surface area (Å²) in [5.41, 5.74) is 5.82. The molecule has 0 saturated heterocycles. The predicted octanol–water partition coefficient (Wildman–Crippen LogP) is -0.575. The molecule has 7 nitrogen and oxygen atoms in total. The lowest BCUT2D eigenvalue weighted by Crippen LogP contribution is -2.47. The Bertz CT molecular complexity index is 362. The molecule has 0 aromatic carbocycles. The SMILES string of the molecule is CC(NC(N)=O)C(=O)N(C)Cc1cn[nH]c1. The van der Waals surface area contributed by atoms with E-state index in [1.54, 1.807) is 26.4 Å². The zero-order valence-electron chi connectivity index (χ0n) is 9.23. The van der Waals surface area contributed by atoms with Gasteiger partial charge in [-0.1, -0.05) is 0 Å². The maximum absolute atomic E-state index is 11.7. The van der Waals surface area contributed by atoms with Crippen molar-refractivity contribution in [2.75, 3.05) is 7.05 Å². The van der Waals surface area contributed by atoms with E-state index < -0.39 is 12.1 Å². The van der Waals surface area contributed by atoms with Gasteiger partial charge < -0.3 is 16.0 Å². The summed E-state index contributed by atoms with van der Waals surface area (Å²) in [6, 6.07) is -1.34. The zero-order valence-corrected chi connectivity index (χ0v) is 9.23. The number of urea groups is 1. The minimum atomic E-state index is -0.711. The van der Waals surface area contributed by atoms with Gasteiger partial charge in [0.25, 0.3) is 0 Å². The van der Waals surface area contributed by atoms with Crippen molar-refractivity contribution in [2.24, 2.45) is 5.73 Å². The van der Waals surface area contributed by atoms with Crippen molar-refractivity contribution >= 4 is 11.9 Å². The number of nitrogens with two attached hydrogens (primary N) is 1. The molecule has 0 saturated carbocycles. The molecule has 4 N–H and O–H groups in total. The van der Waals surface area contributed by atoms with Crippen molar-refractivity contribution in [2.45, 2.75) is 19.5 Å². The molecule has 1 atom stereocenters. The Labute approximate surface area is 93.0 Å². The number of carbonyl (C=O) groups excluding carboxylic acids is 2. The number of rotatable bonds is 4. The number of aromatic nitrogens is 2. The van der Waals surface area contributed by atoms with Gasteiger partial charge in [-0.15, -0.1) is 0 Å². The molecule has 88 valence electrons. The van der Waals surface area contributed by atoms with E-state index in [1.807, 2.05) is 0 Å². The highest BCUT2D eigenvalue weighted by Gasteiger charge is 2.18. The summed E-state index contributed by atoms with van der Waals surface area (Å²) in [5, 5.41) is 8.76. The molecule has 7 heteroatoms. The molecule has 3 amide bonds. The molecule has 1 heterocycles. The Balaban J connectivity index is 2.50. The standard InChI is InChI=1S/C9H15N5O2/c1-6(13-9(10)16)8(15)14(2)5-7-3-11-12-4-7/h3-4,6H,5H2,1-2H3,(H,11,12)(H3,10,13,16). The van der Waals surface area contributed by atoms with E-state index in [0.29, 0.717) is 6.54 Å². The quantitative estimate of drug-likeness (QED) is 0.638. The van der Waals surface area contributed by atoms with Crippen LogP contribution in [0.1, 0.15) is 12.5 Å². The maximum atomic E-state index is 11.7. The molecule has 0 aliphatic heterocycles. The molecule has 0 fully saturated rings. The highest BCUT2D eigenvalue weighted by atomic mass is 16.2. The van der Waals surface area contributed by atoms with E-state index in [-0.39, 0.29) is 5.91 Å². The molecule has 1 aromatic rings. The minimum absolute atomic E-state index is 0.208. The van der Waals surface area contributed by atoms with Crippen molar-refractivity contribution in [3.63, 3.8) is 0 Å². The lowest BCUT2D eigenvalue weighted by Gasteiger charge is -2.20. The first kappa shape index (κ1) is 12.0. The third-order valence-electron chi connectivity index (χ3n) is 2.08. The normalized spacial score (nSPS) is 11.9. The molecule has 0 spiro atoms. The van der Waals surface area contributed by atoms with Gasteiger partial charge >= 0.3 is 6.03 Å². The number of carbonyl (C=O) groups is 2. The molecular formula is C9H15N5O2. The molecule has 1 rings (SSSR count). The van der Waals surface area contributed by atoms with Crippen LogP contribution in [0.3, 0.4) is 0 Å². The molecular weight excluding hydrogens is 210 g/mol. The van der Waals surface area contributed by atoms with Crippen LogP contribution in [-0.2, 0) is 11.3 Å². The smallest absolute Gasteiger partial charge is 0.312 e. The molecule has 1 unspecified atom stereocenters. The number of amides is 3. The number of likely N-dealkylation sites (N-methyl/N-ethyl adjacent to an activating group) is 1. The second-order valence-corrected chi connectivity index (χ2v) is 3.53. The highest BCUT2D eigenvalue weighted by molar-refractivity contribution is 5.85. The van der Waals surface area contributed by atoms with Gasteiger partial charge in [0.2, 0.25) is 5.91 Å². The summed E-state index contributed by atoms with van der Waals surface area (Å²) in [6.45, 7) is 2.01. The van der Waals surface area contributed by atoms with Crippen molar-refractivity contribution in [3.05, 3.63) is 18.0 Å². The van der Waals surface area contributed by atoms with Crippen molar-refractivity contribution < 1.29 is 9.59 Å². The van der Waals surface area contributed by atoms with E-state index in [0.717, 1.165) is 5.56 Å². The van der Waals surface area contributed by atoms with E-state index in [4.69, 9.17) is 5.73 Å². The van der Waals surface area contributed by atoms with Crippen molar-refractivity contribution in [1.82, 2.24) is 20.4 Å². The predicted molar refractivity (Wildman–Crippen MR) is 57.2 cm³/mol. The van der Waals surface area contributed by atoms with Crippen molar-refractivity contribution in [1.29, 1.82) is 0 Å². The van der Waals surface area contributed by atoms with Crippen LogP contribution in [-0.4, -0.2) is 40.1 Å². The second kappa shape index (κ2) is 5.15. The van der Waals surface area contributed by atoms with Gasteiger partial charge in [-0.2, -0.15) is 5.10 Å². The largest absolute Gasteiger partial charge is 0.352 e. The first-order chi connectivity index (χ1) is 7.50. The molecule has 0 radical (unpaired) electrons.